The van der Waals surface area contributed by atoms with Crippen LogP contribution in [-0.4, -0.2) is 6.21 Å². The lowest BCUT2D eigenvalue weighted by Gasteiger charge is -2.46. The molecule has 0 bridgehead atoms. The van der Waals surface area contributed by atoms with Crippen LogP contribution < -0.4 is 0 Å². The van der Waals surface area contributed by atoms with Crippen molar-refractivity contribution in [2.45, 2.75) is 70.6 Å². The molecule has 0 amide bonds. The third-order valence-corrected chi connectivity index (χ3v) is 7.49. The largest absolute Gasteiger partial charge is 0.259 e. The first-order valence-corrected chi connectivity index (χ1v) is 11.5. The zero-order valence-corrected chi connectivity index (χ0v) is 19.7. The molecule has 31 heavy (non-hydrogen) atoms. The quantitative estimate of drug-likeness (QED) is 0.404. The molecule has 0 fully saturated rings. The Morgan fingerprint density at radius 3 is 1.55 bits per heavy atom. The Kier molecular flexibility index (Phi) is 4.35. The molecule has 0 saturated carbocycles. The summed E-state index contributed by atoms with van der Waals surface area (Å²) in [5.41, 5.74) is 11.1. The summed E-state index contributed by atoms with van der Waals surface area (Å²) in [4.78, 5) is 5.11. The van der Waals surface area contributed by atoms with Crippen molar-refractivity contribution in [1.29, 1.82) is 0 Å². The van der Waals surface area contributed by atoms with Crippen molar-refractivity contribution in [3.63, 3.8) is 0 Å². The number of aliphatic imine (C=N–C) groups is 1. The standard InChI is InChI=1S/C30H33N/c1-28(2)17-18-29(3,4)25-23(21-15-11-8-12-16-21)27-26(30(5,6)19-31-27)22(24(25)28)20-13-9-7-10-14-20/h7-16,19H,17-18H2,1-6H3. The number of hydrogen-bond donors (Lipinski definition) is 0. The van der Waals surface area contributed by atoms with E-state index in [1.807, 2.05) is 0 Å². The van der Waals surface area contributed by atoms with Crippen LogP contribution in [0.2, 0.25) is 0 Å². The fraction of sp³-hybridized carbons (Fsp3) is 0.367. The van der Waals surface area contributed by atoms with Crippen LogP contribution in [0.5, 0.6) is 0 Å². The van der Waals surface area contributed by atoms with Crippen LogP contribution in [0.15, 0.2) is 65.7 Å². The van der Waals surface area contributed by atoms with Gasteiger partial charge in [0.05, 0.1) is 5.69 Å². The molecule has 2 aliphatic rings. The molecule has 0 spiro atoms. The fourth-order valence-electron chi connectivity index (χ4n) is 5.79. The van der Waals surface area contributed by atoms with Gasteiger partial charge in [0.15, 0.2) is 0 Å². The molecule has 1 heterocycles. The number of rotatable bonds is 2. The van der Waals surface area contributed by atoms with Crippen LogP contribution in [0.1, 0.15) is 71.1 Å². The van der Waals surface area contributed by atoms with Crippen LogP contribution in [0.3, 0.4) is 0 Å². The lowest BCUT2D eigenvalue weighted by molar-refractivity contribution is 0.333. The highest BCUT2D eigenvalue weighted by molar-refractivity contribution is 6.00. The monoisotopic (exact) mass is 407 g/mol. The van der Waals surface area contributed by atoms with Gasteiger partial charge in [-0.2, -0.15) is 0 Å². The Bertz CT molecular complexity index is 1180. The van der Waals surface area contributed by atoms with Gasteiger partial charge in [-0.25, -0.2) is 0 Å². The van der Waals surface area contributed by atoms with Gasteiger partial charge in [-0.3, -0.25) is 4.99 Å². The van der Waals surface area contributed by atoms with Gasteiger partial charge < -0.3 is 0 Å². The van der Waals surface area contributed by atoms with E-state index in [-0.39, 0.29) is 16.2 Å². The highest BCUT2D eigenvalue weighted by Gasteiger charge is 2.45. The van der Waals surface area contributed by atoms with Gasteiger partial charge in [0, 0.05) is 17.2 Å². The number of fused-ring (bicyclic) bond motifs is 2. The smallest absolute Gasteiger partial charge is 0.0755 e. The molecule has 0 unspecified atom stereocenters. The molecule has 0 N–H and O–H groups in total. The number of nitrogens with zero attached hydrogens (tertiary/aromatic N) is 1. The molecule has 0 aromatic heterocycles. The van der Waals surface area contributed by atoms with Crippen molar-refractivity contribution < 1.29 is 0 Å². The van der Waals surface area contributed by atoms with E-state index in [1.54, 1.807) is 0 Å². The molecule has 158 valence electrons. The van der Waals surface area contributed by atoms with Crippen LogP contribution in [0.4, 0.5) is 5.69 Å². The van der Waals surface area contributed by atoms with E-state index in [0.29, 0.717) is 0 Å². The maximum absolute atomic E-state index is 5.11. The summed E-state index contributed by atoms with van der Waals surface area (Å²) >= 11 is 0. The summed E-state index contributed by atoms with van der Waals surface area (Å²) in [6.45, 7) is 14.4. The molecule has 3 aromatic carbocycles. The SMILES string of the molecule is CC1(C)C=Nc2c(-c3ccccc3)c3c(c(-c4ccccc4)c21)C(C)(C)CCC3(C)C. The summed E-state index contributed by atoms with van der Waals surface area (Å²) in [6.07, 6.45) is 4.55. The molecule has 3 aromatic rings. The molecule has 1 nitrogen and oxygen atoms in total. The Labute approximate surface area is 187 Å². The first-order valence-electron chi connectivity index (χ1n) is 11.5. The van der Waals surface area contributed by atoms with Gasteiger partial charge in [-0.05, 0) is 57.1 Å². The average molecular weight is 408 g/mol. The summed E-state index contributed by atoms with van der Waals surface area (Å²) in [6, 6.07) is 22.0. The normalized spacial score (nSPS) is 19.7. The van der Waals surface area contributed by atoms with Gasteiger partial charge in [-0.15, -0.1) is 0 Å². The first kappa shape index (κ1) is 20.2. The van der Waals surface area contributed by atoms with Crippen LogP contribution in [0.25, 0.3) is 22.3 Å². The van der Waals surface area contributed by atoms with E-state index in [0.717, 1.165) is 0 Å². The first-order chi connectivity index (χ1) is 14.6. The zero-order chi connectivity index (χ0) is 22.0. The Morgan fingerprint density at radius 2 is 1.03 bits per heavy atom. The third-order valence-electron chi connectivity index (χ3n) is 7.49. The lowest BCUT2D eigenvalue weighted by Crippen LogP contribution is -2.36. The average Bonchev–Trinajstić information content (AvgIpc) is 3.06. The maximum Gasteiger partial charge on any atom is 0.0755 e. The molecule has 1 aliphatic carbocycles. The van der Waals surface area contributed by atoms with Gasteiger partial charge in [0.25, 0.3) is 0 Å². The molecular weight excluding hydrogens is 374 g/mol. The highest BCUT2D eigenvalue weighted by Crippen LogP contribution is 2.59. The fourth-order valence-corrected chi connectivity index (χ4v) is 5.79. The summed E-state index contributed by atoms with van der Waals surface area (Å²) in [5.74, 6) is 0. The van der Waals surface area contributed by atoms with Crippen LogP contribution in [-0.2, 0) is 16.2 Å². The number of benzene rings is 3. The van der Waals surface area contributed by atoms with Crippen molar-refractivity contribution in [3.05, 3.63) is 77.4 Å². The molecular formula is C30H33N. The predicted octanol–water partition coefficient (Wildman–Crippen LogP) is 8.36. The van der Waals surface area contributed by atoms with E-state index >= 15 is 0 Å². The summed E-state index contributed by atoms with van der Waals surface area (Å²) < 4.78 is 0. The Hall–Kier alpha value is -2.67. The highest BCUT2D eigenvalue weighted by atomic mass is 14.8. The van der Waals surface area contributed by atoms with Gasteiger partial charge in [-0.1, -0.05) is 102 Å². The second-order valence-corrected chi connectivity index (χ2v) is 11.2. The van der Waals surface area contributed by atoms with E-state index in [1.165, 1.54) is 57.5 Å². The maximum atomic E-state index is 5.11. The zero-order valence-electron chi connectivity index (χ0n) is 19.7. The predicted molar refractivity (Wildman–Crippen MR) is 134 cm³/mol. The van der Waals surface area contributed by atoms with Crippen LogP contribution >= 0.6 is 0 Å². The second kappa shape index (κ2) is 6.66. The molecule has 1 heteroatoms. The van der Waals surface area contributed by atoms with Crippen molar-refractivity contribution in [2.75, 3.05) is 0 Å². The second-order valence-electron chi connectivity index (χ2n) is 11.2. The van der Waals surface area contributed by atoms with E-state index in [9.17, 15) is 0 Å². The van der Waals surface area contributed by atoms with Crippen molar-refractivity contribution in [2.24, 2.45) is 4.99 Å². The van der Waals surface area contributed by atoms with Gasteiger partial charge >= 0.3 is 0 Å². The molecule has 0 atom stereocenters. The molecule has 0 saturated heterocycles. The van der Waals surface area contributed by atoms with Crippen LogP contribution in [0, 0.1) is 0 Å². The Balaban J connectivity index is 2.04. The topological polar surface area (TPSA) is 12.4 Å². The van der Waals surface area contributed by atoms with E-state index in [2.05, 4.69) is 108 Å². The summed E-state index contributed by atoms with van der Waals surface area (Å²) in [7, 11) is 0. The lowest BCUT2D eigenvalue weighted by atomic mass is 9.58. The minimum absolute atomic E-state index is 0.0941. The van der Waals surface area contributed by atoms with Crippen molar-refractivity contribution in [1.82, 2.24) is 0 Å². The van der Waals surface area contributed by atoms with Crippen molar-refractivity contribution in [3.8, 4) is 22.3 Å². The van der Waals surface area contributed by atoms with E-state index in [4.69, 9.17) is 4.99 Å². The third kappa shape index (κ3) is 3.01. The molecule has 1 aliphatic heterocycles. The molecule has 0 radical (unpaired) electrons. The summed E-state index contributed by atoms with van der Waals surface area (Å²) in [5, 5.41) is 0. The van der Waals surface area contributed by atoms with E-state index < -0.39 is 0 Å². The minimum atomic E-state index is -0.100. The Morgan fingerprint density at radius 1 is 0.581 bits per heavy atom. The number of hydrogen-bond acceptors (Lipinski definition) is 1. The van der Waals surface area contributed by atoms with Gasteiger partial charge in [0.2, 0.25) is 0 Å². The molecule has 5 rings (SSSR count). The van der Waals surface area contributed by atoms with Gasteiger partial charge in [0.1, 0.15) is 0 Å². The minimum Gasteiger partial charge on any atom is -0.259 e. The van der Waals surface area contributed by atoms with Crippen molar-refractivity contribution >= 4 is 11.9 Å².